The van der Waals surface area contributed by atoms with Gasteiger partial charge in [-0.05, 0) is 19.3 Å². The fourth-order valence-corrected chi connectivity index (χ4v) is 2.62. The van der Waals surface area contributed by atoms with Gasteiger partial charge in [0.05, 0.1) is 12.1 Å². The van der Waals surface area contributed by atoms with E-state index in [2.05, 4.69) is 5.32 Å². The molecule has 0 aromatic rings. The van der Waals surface area contributed by atoms with E-state index in [0.717, 1.165) is 12.8 Å². The van der Waals surface area contributed by atoms with Gasteiger partial charge in [-0.3, -0.25) is 4.79 Å². The highest BCUT2D eigenvalue weighted by Crippen LogP contribution is 2.23. The standard InChI is InChI=1S/C11H20N2O2/c1-13(8-4-2-3-5-8)11(15)10-6-9(14)7-12-10/h8-10,12,14H,2-7H2,1H3/t9-,10-/m1/s1. The number of carbonyl (C=O) groups excluding carboxylic acids is 1. The molecule has 1 aliphatic carbocycles. The Morgan fingerprint density at radius 2 is 2.07 bits per heavy atom. The first-order valence-electron chi connectivity index (χ1n) is 5.86. The summed E-state index contributed by atoms with van der Waals surface area (Å²) in [6, 6.07) is 0.266. The topological polar surface area (TPSA) is 52.6 Å². The van der Waals surface area contributed by atoms with Crippen molar-refractivity contribution in [3.63, 3.8) is 0 Å². The monoisotopic (exact) mass is 212 g/mol. The molecule has 1 saturated heterocycles. The second-order valence-electron chi connectivity index (χ2n) is 4.74. The summed E-state index contributed by atoms with van der Waals surface area (Å²) in [6.45, 7) is 0.551. The molecular formula is C11H20N2O2. The quantitative estimate of drug-likeness (QED) is 0.683. The largest absolute Gasteiger partial charge is 0.392 e. The van der Waals surface area contributed by atoms with E-state index in [0.29, 0.717) is 19.0 Å². The molecular weight excluding hydrogens is 192 g/mol. The fraction of sp³-hybridized carbons (Fsp3) is 0.909. The molecule has 1 heterocycles. The lowest BCUT2D eigenvalue weighted by molar-refractivity contribution is -0.133. The summed E-state index contributed by atoms with van der Waals surface area (Å²) < 4.78 is 0. The molecule has 0 spiro atoms. The van der Waals surface area contributed by atoms with Crippen LogP contribution in [0.3, 0.4) is 0 Å². The van der Waals surface area contributed by atoms with E-state index in [1.165, 1.54) is 12.8 Å². The molecule has 2 atom stereocenters. The van der Waals surface area contributed by atoms with Gasteiger partial charge in [0.2, 0.25) is 5.91 Å². The number of nitrogens with one attached hydrogen (secondary N) is 1. The van der Waals surface area contributed by atoms with Crippen LogP contribution in [0.4, 0.5) is 0 Å². The second kappa shape index (κ2) is 4.49. The number of carbonyl (C=O) groups is 1. The lowest BCUT2D eigenvalue weighted by Gasteiger charge is -2.27. The van der Waals surface area contributed by atoms with Crippen molar-refractivity contribution in [3.05, 3.63) is 0 Å². The molecule has 1 aliphatic heterocycles. The van der Waals surface area contributed by atoms with Crippen LogP contribution in [0.15, 0.2) is 0 Å². The average Bonchev–Trinajstić information content (AvgIpc) is 2.85. The Hall–Kier alpha value is -0.610. The Balaban J connectivity index is 1.89. The molecule has 0 aromatic carbocycles. The zero-order chi connectivity index (χ0) is 10.8. The van der Waals surface area contributed by atoms with Crippen molar-refractivity contribution < 1.29 is 9.90 Å². The normalized spacial score (nSPS) is 32.1. The zero-order valence-corrected chi connectivity index (χ0v) is 9.28. The summed E-state index contributed by atoms with van der Waals surface area (Å²) in [5.41, 5.74) is 0. The molecule has 2 N–H and O–H groups in total. The van der Waals surface area contributed by atoms with Crippen LogP contribution >= 0.6 is 0 Å². The Bertz CT molecular complexity index is 239. The van der Waals surface area contributed by atoms with Crippen LogP contribution in [-0.4, -0.2) is 47.7 Å². The minimum absolute atomic E-state index is 0.151. The van der Waals surface area contributed by atoms with Crippen molar-refractivity contribution in [2.75, 3.05) is 13.6 Å². The van der Waals surface area contributed by atoms with Gasteiger partial charge in [0.15, 0.2) is 0 Å². The van der Waals surface area contributed by atoms with Crippen molar-refractivity contribution in [3.8, 4) is 0 Å². The number of nitrogens with zero attached hydrogens (tertiary/aromatic N) is 1. The van der Waals surface area contributed by atoms with Crippen LogP contribution in [0.5, 0.6) is 0 Å². The number of β-amino-alcohol motifs (C(OH)–C–C–N with tert-alkyl or cyclic N) is 1. The number of rotatable bonds is 2. The smallest absolute Gasteiger partial charge is 0.239 e. The maximum atomic E-state index is 12.0. The third kappa shape index (κ3) is 2.32. The van der Waals surface area contributed by atoms with Crippen LogP contribution in [0.2, 0.25) is 0 Å². The van der Waals surface area contributed by atoms with Gasteiger partial charge in [0.1, 0.15) is 0 Å². The number of hydrogen-bond donors (Lipinski definition) is 2. The minimum Gasteiger partial charge on any atom is -0.392 e. The number of aliphatic hydroxyl groups excluding tert-OH is 1. The number of likely N-dealkylation sites (N-methyl/N-ethyl adjacent to an activating group) is 1. The van der Waals surface area contributed by atoms with Gasteiger partial charge in [-0.2, -0.15) is 0 Å². The summed E-state index contributed by atoms with van der Waals surface area (Å²) in [5, 5.41) is 12.4. The van der Waals surface area contributed by atoms with Crippen molar-refractivity contribution in [1.29, 1.82) is 0 Å². The van der Waals surface area contributed by atoms with E-state index in [-0.39, 0.29) is 18.1 Å². The van der Waals surface area contributed by atoms with Gasteiger partial charge in [-0.15, -0.1) is 0 Å². The summed E-state index contributed by atoms with van der Waals surface area (Å²) in [7, 11) is 1.89. The minimum atomic E-state index is -0.351. The highest BCUT2D eigenvalue weighted by atomic mass is 16.3. The maximum absolute atomic E-state index is 12.0. The van der Waals surface area contributed by atoms with Crippen molar-refractivity contribution >= 4 is 5.91 Å². The van der Waals surface area contributed by atoms with Crippen LogP contribution in [0, 0.1) is 0 Å². The first-order valence-corrected chi connectivity index (χ1v) is 5.86. The summed E-state index contributed by atoms with van der Waals surface area (Å²) >= 11 is 0. The molecule has 0 unspecified atom stereocenters. The fourth-order valence-electron chi connectivity index (χ4n) is 2.62. The van der Waals surface area contributed by atoms with E-state index >= 15 is 0 Å². The van der Waals surface area contributed by atoms with Crippen LogP contribution in [-0.2, 0) is 4.79 Å². The lowest BCUT2D eigenvalue weighted by Crippen LogP contribution is -2.45. The van der Waals surface area contributed by atoms with Crippen molar-refractivity contribution in [2.24, 2.45) is 0 Å². The third-order valence-corrected chi connectivity index (χ3v) is 3.63. The molecule has 0 bridgehead atoms. The second-order valence-corrected chi connectivity index (χ2v) is 4.74. The van der Waals surface area contributed by atoms with E-state index < -0.39 is 0 Å². The Morgan fingerprint density at radius 3 is 2.60 bits per heavy atom. The highest BCUT2D eigenvalue weighted by Gasteiger charge is 2.33. The molecule has 0 aromatic heterocycles. The first kappa shape index (κ1) is 10.9. The molecule has 1 saturated carbocycles. The maximum Gasteiger partial charge on any atom is 0.239 e. The molecule has 0 radical (unpaired) electrons. The van der Waals surface area contributed by atoms with Crippen LogP contribution < -0.4 is 5.32 Å². The SMILES string of the molecule is CN(C(=O)[C@H]1C[C@@H](O)CN1)C1CCCC1. The van der Waals surface area contributed by atoms with Crippen molar-refractivity contribution in [2.45, 2.75) is 50.3 Å². The summed E-state index contributed by atoms with van der Waals surface area (Å²) in [4.78, 5) is 13.9. The molecule has 15 heavy (non-hydrogen) atoms. The molecule has 86 valence electrons. The van der Waals surface area contributed by atoms with Crippen LogP contribution in [0.1, 0.15) is 32.1 Å². The van der Waals surface area contributed by atoms with Gasteiger partial charge >= 0.3 is 0 Å². The average molecular weight is 212 g/mol. The van der Waals surface area contributed by atoms with Gasteiger partial charge in [-0.25, -0.2) is 0 Å². The predicted octanol–water partition coefficient (Wildman–Crippen LogP) is 0.110. The Labute approximate surface area is 90.6 Å². The number of amides is 1. The Morgan fingerprint density at radius 1 is 1.40 bits per heavy atom. The van der Waals surface area contributed by atoms with Gasteiger partial charge in [0, 0.05) is 19.6 Å². The van der Waals surface area contributed by atoms with E-state index in [1.54, 1.807) is 0 Å². The first-order chi connectivity index (χ1) is 7.18. The number of aliphatic hydroxyl groups is 1. The predicted molar refractivity (Wildman–Crippen MR) is 57.4 cm³/mol. The molecule has 4 nitrogen and oxygen atoms in total. The molecule has 2 aliphatic rings. The summed E-state index contributed by atoms with van der Waals surface area (Å²) in [5.74, 6) is 0.151. The van der Waals surface area contributed by atoms with Gasteiger partial charge in [-0.1, -0.05) is 12.8 Å². The number of hydrogen-bond acceptors (Lipinski definition) is 3. The molecule has 4 heteroatoms. The van der Waals surface area contributed by atoms with Crippen LogP contribution in [0.25, 0.3) is 0 Å². The molecule has 1 amide bonds. The van der Waals surface area contributed by atoms with E-state index in [4.69, 9.17) is 0 Å². The Kier molecular flexibility index (Phi) is 3.26. The molecule has 2 fully saturated rings. The van der Waals surface area contributed by atoms with E-state index in [9.17, 15) is 9.90 Å². The van der Waals surface area contributed by atoms with Gasteiger partial charge in [0.25, 0.3) is 0 Å². The highest BCUT2D eigenvalue weighted by molar-refractivity contribution is 5.82. The van der Waals surface area contributed by atoms with Crippen molar-refractivity contribution in [1.82, 2.24) is 10.2 Å². The lowest BCUT2D eigenvalue weighted by atomic mass is 10.1. The van der Waals surface area contributed by atoms with E-state index in [1.807, 2.05) is 11.9 Å². The third-order valence-electron chi connectivity index (χ3n) is 3.63. The zero-order valence-electron chi connectivity index (χ0n) is 9.28. The molecule has 2 rings (SSSR count). The summed E-state index contributed by atoms with van der Waals surface area (Å²) in [6.07, 6.45) is 4.97. The van der Waals surface area contributed by atoms with Gasteiger partial charge < -0.3 is 15.3 Å².